The van der Waals surface area contributed by atoms with Crippen molar-refractivity contribution in [2.45, 2.75) is 0 Å². The van der Waals surface area contributed by atoms with E-state index in [0.29, 0.717) is 0 Å². The van der Waals surface area contributed by atoms with Gasteiger partial charge in [-0.15, -0.1) is 0 Å². The molecule has 6 nitrogen and oxygen atoms in total. The molecule has 1 rings (SSSR count). The van der Waals surface area contributed by atoms with Gasteiger partial charge in [-0.1, -0.05) is 0 Å². The van der Waals surface area contributed by atoms with Gasteiger partial charge >= 0.3 is 5.97 Å². The first kappa shape index (κ1) is 12.1. The lowest BCUT2D eigenvalue weighted by Crippen LogP contribution is -2.04. The molecule has 1 aromatic rings. The first-order valence-corrected chi connectivity index (χ1v) is 4.25. The van der Waals surface area contributed by atoms with Gasteiger partial charge in [-0.2, -0.15) is 15.6 Å². The maximum atomic E-state index is 12.8. The van der Waals surface area contributed by atoms with E-state index in [1.807, 2.05) is 0 Å². The number of anilines is 1. The summed E-state index contributed by atoms with van der Waals surface area (Å²) < 4.78 is 12.8. The predicted octanol–water partition coefficient (Wildman–Crippen LogP) is 1.34. The minimum absolute atomic E-state index is 0.0121. The predicted molar refractivity (Wildman–Crippen MR) is 55.6 cm³/mol. The molecule has 2 N–H and O–H groups in total. The number of nitrogens with one attached hydrogen (secondary N) is 1. The van der Waals surface area contributed by atoms with Crippen LogP contribution in [0.4, 0.5) is 10.1 Å². The third kappa shape index (κ3) is 3.01. The fraction of sp³-hybridized carbons (Fsp3) is 0. The van der Waals surface area contributed by atoms with Gasteiger partial charge in [0.2, 0.25) is 5.71 Å². The van der Waals surface area contributed by atoms with Gasteiger partial charge in [0.05, 0.1) is 11.3 Å². The zero-order valence-electron chi connectivity index (χ0n) is 8.31. The second-order valence-corrected chi connectivity index (χ2v) is 2.79. The number of hydrogen-bond donors (Lipinski definition) is 2. The quantitative estimate of drug-likeness (QED) is 0.603. The number of hydrazone groups is 1. The summed E-state index contributed by atoms with van der Waals surface area (Å²) in [4.78, 5) is 10.8. The first-order valence-electron chi connectivity index (χ1n) is 4.25. The Kier molecular flexibility index (Phi) is 3.74. The lowest BCUT2D eigenvalue weighted by Gasteiger charge is -2.04. The average molecular weight is 232 g/mol. The highest BCUT2D eigenvalue weighted by Crippen LogP contribution is 2.17. The first-order chi connectivity index (χ1) is 8.08. The minimum Gasteiger partial charge on any atom is -0.478 e. The number of carboxylic acid groups (broad SMARTS) is 1. The molecule has 0 fully saturated rings. The van der Waals surface area contributed by atoms with Gasteiger partial charge in [0, 0.05) is 0 Å². The van der Waals surface area contributed by atoms with Crippen molar-refractivity contribution in [3.63, 3.8) is 0 Å². The van der Waals surface area contributed by atoms with E-state index in [4.69, 9.17) is 15.6 Å². The van der Waals surface area contributed by atoms with Gasteiger partial charge in [0.25, 0.3) is 0 Å². The lowest BCUT2D eigenvalue weighted by atomic mass is 10.2. The van der Waals surface area contributed by atoms with Crippen LogP contribution in [-0.2, 0) is 0 Å². The van der Waals surface area contributed by atoms with Crippen LogP contribution in [0.1, 0.15) is 10.4 Å². The molecule has 0 atom stereocenters. The molecule has 84 valence electrons. The van der Waals surface area contributed by atoms with Crippen LogP contribution < -0.4 is 5.43 Å². The summed E-state index contributed by atoms with van der Waals surface area (Å²) >= 11 is 0. The molecule has 0 bridgehead atoms. The van der Waals surface area contributed by atoms with Crippen molar-refractivity contribution in [1.29, 1.82) is 10.5 Å². The van der Waals surface area contributed by atoms with E-state index in [0.717, 1.165) is 18.2 Å². The van der Waals surface area contributed by atoms with Crippen molar-refractivity contribution < 1.29 is 14.3 Å². The van der Waals surface area contributed by atoms with Gasteiger partial charge in [-0.25, -0.2) is 9.18 Å². The van der Waals surface area contributed by atoms with Crippen LogP contribution in [0.15, 0.2) is 23.3 Å². The fourth-order valence-electron chi connectivity index (χ4n) is 0.982. The highest BCUT2D eigenvalue weighted by Gasteiger charge is 2.11. The van der Waals surface area contributed by atoms with Crippen molar-refractivity contribution in [2.75, 3.05) is 5.43 Å². The number of nitrogens with zero attached hydrogens (tertiary/aromatic N) is 3. The van der Waals surface area contributed by atoms with Crippen molar-refractivity contribution >= 4 is 17.4 Å². The Hall–Kier alpha value is -2.93. The summed E-state index contributed by atoms with van der Waals surface area (Å²) in [6.45, 7) is 0. The molecule has 0 radical (unpaired) electrons. The van der Waals surface area contributed by atoms with Crippen LogP contribution in [-0.4, -0.2) is 16.8 Å². The maximum Gasteiger partial charge on any atom is 0.337 e. The normalized spacial score (nSPS) is 8.65. The number of carboxylic acids is 1. The van der Waals surface area contributed by atoms with E-state index in [1.54, 1.807) is 0 Å². The summed E-state index contributed by atoms with van der Waals surface area (Å²) in [5.41, 5.74) is 1.40. The number of nitriles is 2. The van der Waals surface area contributed by atoms with Gasteiger partial charge in [-0.3, -0.25) is 5.43 Å². The zero-order valence-corrected chi connectivity index (χ0v) is 8.31. The molecular weight excluding hydrogens is 227 g/mol. The molecule has 17 heavy (non-hydrogen) atoms. The van der Waals surface area contributed by atoms with Gasteiger partial charge in [0.1, 0.15) is 18.0 Å². The molecule has 1 aromatic carbocycles. The average Bonchev–Trinajstić information content (AvgIpc) is 2.31. The zero-order chi connectivity index (χ0) is 12.8. The number of benzene rings is 1. The smallest absolute Gasteiger partial charge is 0.337 e. The van der Waals surface area contributed by atoms with Crippen LogP contribution in [0.25, 0.3) is 0 Å². The van der Waals surface area contributed by atoms with E-state index in [9.17, 15) is 9.18 Å². The molecule has 0 saturated heterocycles. The second-order valence-electron chi connectivity index (χ2n) is 2.79. The minimum atomic E-state index is -1.35. The van der Waals surface area contributed by atoms with Crippen LogP contribution in [0, 0.1) is 28.5 Å². The van der Waals surface area contributed by atoms with E-state index in [1.165, 1.54) is 12.1 Å². The molecule has 0 spiro atoms. The SMILES string of the molecule is N#CC(C#N)=NNc1ccc(F)cc1C(=O)O. The maximum absolute atomic E-state index is 12.8. The molecule has 0 unspecified atom stereocenters. The molecule has 0 saturated carbocycles. The van der Waals surface area contributed by atoms with Crippen molar-refractivity contribution in [1.82, 2.24) is 0 Å². The third-order valence-electron chi connectivity index (χ3n) is 1.71. The number of hydrogen-bond acceptors (Lipinski definition) is 5. The summed E-state index contributed by atoms with van der Waals surface area (Å²) in [7, 11) is 0. The molecule has 0 aromatic heterocycles. The van der Waals surface area contributed by atoms with Crippen molar-refractivity contribution in [3.8, 4) is 12.1 Å². The monoisotopic (exact) mass is 232 g/mol. The molecule has 0 aliphatic rings. The van der Waals surface area contributed by atoms with Gasteiger partial charge in [0.15, 0.2) is 0 Å². The summed E-state index contributed by atoms with van der Waals surface area (Å²) in [5.74, 6) is -2.06. The fourth-order valence-corrected chi connectivity index (χ4v) is 0.982. The third-order valence-corrected chi connectivity index (χ3v) is 1.71. The highest BCUT2D eigenvalue weighted by molar-refractivity contribution is 6.10. The van der Waals surface area contributed by atoms with E-state index in [-0.39, 0.29) is 11.3 Å². The topological polar surface area (TPSA) is 109 Å². The Morgan fingerprint density at radius 3 is 2.59 bits per heavy atom. The van der Waals surface area contributed by atoms with Gasteiger partial charge in [-0.05, 0) is 18.2 Å². The molecule has 0 aliphatic carbocycles. The van der Waals surface area contributed by atoms with Crippen LogP contribution >= 0.6 is 0 Å². The Morgan fingerprint density at radius 2 is 2.06 bits per heavy atom. The molecule has 7 heteroatoms. The Bertz CT molecular complexity index is 553. The number of aromatic carboxylic acids is 1. The molecule has 0 heterocycles. The van der Waals surface area contributed by atoms with Crippen molar-refractivity contribution in [3.05, 3.63) is 29.6 Å². The standard InChI is InChI=1S/C10H5FN4O2/c11-6-1-2-9(8(3-6)10(16)17)15-14-7(4-12)5-13/h1-3,15H,(H,16,17). The van der Waals surface area contributed by atoms with E-state index >= 15 is 0 Å². The summed E-state index contributed by atoms with van der Waals surface area (Å²) in [6, 6.07) is 5.96. The second kappa shape index (κ2) is 5.24. The van der Waals surface area contributed by atoms with Crippen molar-refractivity contribution in [2.24, 2.45) is 5.10 Å². The van der Waals surface area contributed by atoms with Crippen LogP contribution in [0.5, 0.6) is 0 Å². The number of halogens is 1. The van der Waals surface area contributed by atoms with Crippen LogP contribution in [0.2, 0.25) is 0 Å². The number of rotatable bonds is 3. The molecule has 0 aliphatic heterocycles. The van der Waals surface area contributed by atoms with Gasteiger partial charge < -0.3 is 5.11 Å². The van der Waals surface area contributed by atoms with E-state index in [2.05, 4.69) is 10.5 Å². The van der Waals surface area contributed by atoms with E-state index < -0.39 is 17.5 Å². The Balaban J connectivity index is 3.09. The Morgan fingerprint density at radius 1 is 1.41 bits per heavy atom. The molecular formula is C10H5FN4O2. The highest BCUT2D eigenvalue weighted by atomic mass is 19.1. The Labute approximate surface area is 95.2 Å². The summed E-state index contributed by atoms with van der Waals surface area (Å²) in [6.07, 6.45) is 0. The molecule has 0 amide bonds. The largest absolute Gasteiger partial charge is 0.478 e. The summed E-state index contributed by atoms with van der Waals surface area (Å²) in [5, 5.41) is 29.0. The lowest BCUT2D eigenvalue weighted by molar-refractivity contribution is 0.0697. The number of carbonyl (C=O) groups is 1. The van der Waals surface area contributed by atoms with Crippen LogP contribution in [0.3, 0.4) is 0 Å².